The van der Waals surface area contributed by atoms with Crippen molar-refractivity contribution in [1.29, 1.82) is 0 Å². The molecule has 11 heavy (non-hydrogen) atoms. The van der Waals surface area contributed by atoms with Gasteiger partial charge in [-0.25, -0.2) is 0 Å². The van der Waals surface area contributed by atoms with Gasteiger partial charge in [-0.05, 0) is 18.6 Å². The van der Waals surface area contributed by atoms with E-state index < -0.39 is 5.91 Å². The van der Waals surface area contributed by atoms with E-state index in [9.17, 15) is 4.79 Å². The average molecular weight is 215 g/mol. The molecule has 0 saturated carbocycles. The van der Waals surface area contributed by atoms with E-state index in [0.717, 1.165) is 10.0 Å². The van der Waals surface area contributed by atoms with Gasteiger partial charge in [-0.2, -0.15) is 0 Å². The molecule has 3 nitrogen and oxygen atoms in total. The molecule has 0 aliphatic carbocycles. The minimum atomic E-state index is -0.496. The zero-order valence-electron chi connectivity index (χ0n) is 5.97. The Morgan fingerprint density at radius 1 is 1.73 bits per heavy atom. The molecule has 0 aliphatic rings. The quantitative estimate of drug-likeness (QED) is 0.766. The number of halogens is 1. The fourth-order valence-electron chi connectivity index (χ4n) is 0.761. The molecule has 0 aromatic carbocycles. The summed E-state index contributed by atoms with van der Waals surface area (Å²) in [5.41, 5.74) is 6.16. The Kier molecular flexibility index (Phi) is 2.24. The highest BCUT2D eigenvalue weighted by atomic mass is 79.9. The van der Waals surface area contributed by atoms with Gasteiger partial charge in [0.15, 0.2) is 0 Å². The van der Waals surface area contributed by atoms with Gasteiger partial charge in [0.25, 0.3) is 5.91 Å². The number of carbonyl (C=O) groups is 1. The maximum Gasteiger partial charge on any atom is 0.267 e. The summed E-state index contributed by atoms with van der Waals surface area (Å²) in [6, 6.07) is 1.77. The second-order valence-corrected chi connectivity index (χ2v) is 2.98. The third kappa shape index (κ3) is 1.57. The van der Waals surface area contributed by atoms with Crippen LogP contribution in [0.15, 0.2) is 16.7 Å². The van der Waals surface area contributed by atoms with Crippen molar-refractivity contribution in [2.24, 2.45) is 5.73 Å². The Bertz CT molecular complexity index is 298. The van der Waals surface area contributed by atoms with Crippen LogP contribution in [0.3, 0.4) is 0 Å². The summed E-state index contributed by atoms with van der Waals surface area (Å²) < 4.78 is 0.848. The highest BCUT2D eigenvalue weighted by molar-refractivity contribution is 9.10. The molecule has 1 rings (SSSR count). The van der Waals surface area contributed by atoms with Crippen molar-refractivity contribution in [3.63, 3.8) is 0 Å². The predicted molar refractivity (Wildman–Crippen MR) is 45.2 cm³/mol. The van der Waals surface area contributed by atoms with E-state index in [2.05, 4.69) is 20.9 Å². The lowest BCUT2D eigenvalue weighted by molar-refractivity contribution is 0.0995. The first-order valence-corrected chi connectivity index (χ1v) is 3.83. The fraction of sp³-hybridized carbons (Fsp3) is 0.143. The number of pyridine rings is 1. The Labute approximate surface area is 72.7 Å². The summed E-state index contributed by atoms with van der Waals surface area (Å²) in [6.45, 7) is 1.79. The van der Waals surface area contributed by atoms with Crippen LogP contribution in [0.5, 0.6) is 0 Å². The summed E-state index contributed by atoms with van der Waals surface area (Å²) in [4.78, 5) is 14.5. The number of nitrogens with zero attached hydrogens (tertiary/aromatic N) is 1. The number of amides is 1. The van der Waals surface area contributed by atoms with Crippen molar-refractivity contribution in [3.8, 4) is 0 Å². The van der Waals surface area contributed by atoms with Gasteiger partial charge in [0, 0.05) is 10.7 Å². The molecule has 0 unspecified atom stereocenters. The predicted octanol–water partition coefficient (Wildman–Crippen LogP) is 1.25. The third-order valence-corrected chi connectivity index (χ3v) is 2.23. The number of rotatable bonds is 1. The summed E-state index contributed by atoms with van der Waals surface area (Å²) in [5, 5.41) is 0. The number of aromatic nitrogens is 1. The lowest BCUT2D eigenvalue weighted by atomic mass is 10.2. The van der Waals surface area contributed by atoms with Crippen LogP contribution in [-0.4, -0.2) is 10.9 Å². The number of primary amides is 1. The normalized spacial score (nSPS) is 9.64. The molecule has 0 aliphatic heterocycles. The summed E-state index contributed by atoms with van der Waals surface area (Å²) in [5.74, 6) is -0.496. The first kappa shape index (κ1) is 8.20. The molecule has 0 atom stereocenters. The van der Waals surface area contributed by atoms with E-state index >= 15 is 0 Å². The number of hydrogen-bond acceptors (Lipinski definition) is 2. The van der Waals surface area contributed by atoms with E-state index in [1.807, 2.05) is 0 Å². The van der Waals surface area contributed by atoms with Gasteiger partial charge in [0.1, 0.15) is 5.69 Å². The maximum absolute atomic E-state index is 10.7. The van der Waals surface area contributed by atoms with Crippen LogP contribution in [0.4, 0.5) is 0 Å². The van der Waals surface area contributed by atoms with Crippen LogP contribution in [0.25, 0.3) is 0 Å². The molecule has 0 saturated heterocycles. The minimum Gasteiger partial charge on any atom is -0.364 e. The monoisotopic (exact) mass is 214 g/mol. The van der Waals surface area contributed by atoms with E-state index in [-0.39, 0.29) is 0 Å². The maximum atomic E-state index is 10.7. The highest BCUT2D eigenvalue weighted by Crippen LogP contribution is 2.16. The summed E-state index contributed by atoms with van der Waals surface area (Å²) in [7, 11) is 0. The third-order valence-electron chi connectivity index (χ3n) is 1.37. The first-order valence-electron chi connectivity index (χ1n) is 3.04. The average Bonchev–Trinajstić information content (AvgIpc) is 1.94. The summed E-state index contributed by atoms with van der Waals surface area (Å²) >= 11 is 3.27. The van der Waals surface area contributed by atoms with E-state index in [1.165, 1.54) is 6.20 Å². The highest BCUT2D eigenvalue weighted by Gasteiger charge is 2.07. The van der Waals surface area contributed by atoms with Crippen LogP contribution < -0.4 is 5.73 Å². The standard InChI is InChI=1S/C7H7BrN2O/c1-4-5(8)2-3-10-6(4)7(9)11/h2-3H,1H3,(H2,9,11). The molecule has 1 aromatic heterocycles. The van der Waals surface area contributed by atoms with Crippen LogP contribution in [-0.2, 0) is 0 Å². The van der Waals surface area contributed by atoms with Crippen LogP contribution in [0.2, 0.25) is 0 Å². The number of hydrogen-bond donors (Lipinski definition) is 1. The molecule has 0 bridgehead atoms. The fourth-order valence-corrected chi connectivity index (χ4v) is 1.07. The Morgan fingerprint density at radius 2 is 2.36 bits per heavy atom. The van der Waals surface area contributed by atoms with Crippen molar-refractivity contribution in [2.75, 3.05) is 0 Å². The van der Waals surface area contributed by atoms with E-state index in [0.29, 0.717) is 5.69 Å². The Hall–Kier alpha value is -0.900. The molecule has 4 heteroatoms. The second kappa shape index (κ2) is 3.00. The van der Waals surface area contributed by atoms with Gasteiger partial charge in [-0.1, -0.05) is 15.9 Å². The number of nitrogens with two attached hydrogens (primary N) is 1. The van der Waals surface area contributed by atoms with Crippen molar-refractivity contribution >= 4 is 21.8 Å². The Balaban J connectivity index is 3.27. The van der Waals surface area contributed by atoms with Gasteiger partial charge in [0.2, 0.25) is 0 Å². The summed E-state index contributed by atoms with van der Waals surface area (Å²) in [6.07, 6.45) is 1.54. The van der Waals surface area contributed by atoms with Crippen molar-refractivity contribution in [2.45, 2.75) is 6.92 Å². The molecule has 0 spiro atoms. The van der Waals surface area contributed by atoms with Gasteiger partial charge in [-0.15, -0.1) is 0 Å². The first-order chi connectivity index (χ1) is 5.13. The molecular weight excluding hydrogens is 208 g/mol. The lowest BCUT2D eigenvalue weighted by Crippen LogP contribution is -2.14. The molecule has 2 N–H and O–H groups in total. The minimum absolute atomic E-state index is 0.319. The SMILES string of the molecule is Cc1c(Br)ccnc1C(N)=O. The molecule has 0 fully saturated rings. The van der Waals surface area contributed by atoms with Gasteiger partial charge < -0.3 is 5.73 Å². The van der Waals surface area contributed by atoms with E-state index in [1.54, 1.807) is 13.0 Å². The van der Waals surface area contributed by atoms with E-state index in [4.69, 9.17) is 5.73 Å². The lowest BCUT2D eigenvalue weighted by Gasteiger charge is -2.00. The van der Waals surface area contributed by atoms with Gasteiger partial charge >= 0.3 is 0 Å². The largest absolute Gasteiger partial charge is 0.364 e. The number of carbonyl (C=O) groups excluding carboxylic acids is 1. The molecule has 58 valence electrons. The topological polar surface area (TPSA) is 56.0 Å². The van der Waals surface area contributed by atoms with Gasteiger partial charge in [-0.3, -0.25) is 9.78 Å². The van der Waals surface area contributed by atoms with Crippen molar-refractivity contribution in [3.05, 3.63) is 28.0 Å². The van der Waals surface area contributed by atoms with Crippen LogP contribution >= 0.6 is 15.9 Å². The smallest absolute Gasteiger partial charge is 0.267 e. The molecule has 1 amide bonds. The molecule has 1 aromatic rings. The van der Waals surface area contributed by atoms with Crippen LogP contribution in [0, 0.1) is 6.92 Å². The zero-order chi connectivity index (χ0) is 8.43. The molecule has 0 radical (unpaired) electrons. The van der Waals surface area contributed by atoms with Crippen molar-refractivity contribution in [1.82, 2.24) is 4.98 Å². The molecule has 1 heterocycles. The second-order valence-electron chi connectivity index (χ2n) is 2.13. The van der Waals surface area contributed by atoms with Crippen molar-refractivity contribution < 1.29 is 4.79 Å². The Morgan fingerprint density at radius 3 is 2.82 bits per heavy atom. The van der Waals surface area contributed by atoms with Gasteiger partial charge in [0.05, 0.1) is 0 Å². The zero-order valence-corrected chi connectivity index (χ0v) is 7.55. The van der Waals surface area contributed by atoms with Crippen LogP contribution in [0.1, 0.15) is 16.1 Å². The molecular formula is C7H7BrN2O.